The molecule has 0 aliphatic rings. The van der Waals surface area contributed by atoms with E-state index in [1.807, 2.05) is 0 Å². The first-order valence-corrected chi connectivity index (χ1v) is 7.67. The second kappa shape index (κ2) is 6.51. The fraction of sp³-hybridized carbons (Fsp3) is 0.0714. The zero-order valence-corrected chi connectivity index (χ0v) is 13.9. The minimum atomic E-state index is -0.414. The molecule has 0 radical (unpaired) electrons. The van der Waals surface area contributed by atoms with Crippen molar-refractivity contribution < 1.29 is 9.18 Å². The molecular weight excluding hydrogens is 389 g/mol. The topological polar surface area (TPSA) is 75.6 Å². The van der Waals surface area contributed by atoms with E-state index in [-0.39, 0.29) is 17.3 Å². The number of halogens is 3. The minimum absolute atomic E-state index is 0.236. The maximum Gasteiger partial charge on any atom is 0.276 e. The highest BCUT2D eigenvalue weighted by atomic mass is 79.9. The highest BCUT2D eigenvalue weighted by Crippen LogP contribution is 2.22. The number of carbonyl (C=O) groups is 1. The summed E-state index contributed by atoms with van der Waals surface area (Å²) in [7, 11) is 0. The van der Waals surface area contributed by atoms with Gasteiger partial charge < -0.3 is 5.32 Å². The molecule has 23 heavy (non-hydrogen) atoms. The number of anilines is 1. The third-order valence-corrected chi connectivity index (χ3v) is 3.90. The van der Waals surface area contributed by atoms with E-state index in [9.17, 15) is 9.18 Å². The van der Waals surface area contributed by atoms with Crippen LogP contribution in [0.5, 0.6) is 0 Å². The molecule has 0 spiro atoms. The molecule has 0 fully saturated rings. The van der Waals surface area contributed by atoms with Crippen LogP contribution in [0.1, 0.15) is 16.1 Å². The van der Waals surface area contributed by atoms with E-state index in [1.54, 1.807) is 23.0 Å². The predicted octanol–water partition coefficient (Wildman–Crippen LogP) is 3.46. The Kier molecular flexibility index (Phi) is 4.44. The lowest BCUT2D eigenvalue weighted by Gasteiger charge is -2.02. The van der Waals surface area contributed by atoms with Gasteiger partial charge in [-0.2, -0.15) is 10.2 Å². The van der Waals surface area contributed by atoms with E-state index < -0.39 is 5.91 Å². The van der Waals surface area contributed by atoms with Gasteiger partial charge in [-0.05, 0) is 33.6 Å². The first-order valence-electron chi connectivity index (χ1n) is 6.50. The Bertz CT molecular complexity index is 845. The van der Waals surface area contributed by atoms with Gasteiger partial charge in [0.25, 0.3) is 5.91 Å². The van der Waals surface area contributed by atoms with Gasteiger partial charge in [0, 0.05) is 6.20 Å². The number of aromatic nitrogens is 4. The van der Waals surface area contributed by atoms with Crippen LogP contribution in [0.4, 0.5) is 10.2 Å². The van der Waals surface area contributed by atoms with Crippen molar-refractivity contribution in [1.29, 1.82) is 0 Å². The molecule has 2 aromatic heterocycles. The number of hydrogen-bond acceptors (Lipinski definition) is 3. The van der Waals surface area contributed by atoms with Gasteiger partial charge in [-0.25, -0.2) is 4.39 Å². The van der Waals surface area contributed by atoms with Crippen LogP contribution in [0.3, 0.4) is 0 Å². The van der Waals surface area contributed by atoms with E-state index in [1.165, 1.54) is 18.3 Å². The molecule has 0 atom stereocenters. The summed E-state index contributed by atoms with van der Waals surface area (Å²) in [5, 5.41) is 13.5. The first kappa shape index (κ1) is 15.7. The van der Waals surface area contributed by atoms with Crippen molar-refractivity contribution in [2.45, 2.75) is 6.54 Å². The number of amides is 1. The van der Waals surface area contributed by atoms with Crippen LogP contribution in [0.2, 0.25) is 5.02 Å². The number of benzene rings is 1. The van der Waals surface area contributed by atoms with Crippen LogP contribution in [0.25, 0.3) is 0 Å². The summed E-state index contributed by atoms with van der Waals surface area (Å²) in [5.41, 5.74) is 1.13. The molecule has 0 saturated carbocycles. The van der Waals surface area contributed by atoms with E-state index in [0.29, 0.717) is 16.0 Å². The fourth-order valence-electron chi connectivity index (χ4n) is 1.94. The lowest BCUT2D eigenvalue weighted by atomic mass is 10.2. The summed E-state index contributed by atoms with van der Waals surface area (Å²) >= 11 is 9.30. The number of nitrogens with zero attached hydrogens (tertiary/aromatic N) is 3. The standard InChI is InChI=1S/C14H10BrClFN5O/c15-10-5-18-20-12(10)14(23)19-13-11(16)7-22(21-13)6-8-1-3-9(17)4-2-8/h1-5,7H,6H2,(H,18,20)(H,19,21,23). The molecule has 6 nitrogen and oxygen atoms in total. The predicted molar refractivity (Wildman–Crippen MR) is 87.0 cm³/mol. The second-order valence-corrected chi connectivity index (χ2v) is 5.96. The summed E-state index contributed by atoms with van der Waals surface area (Å²) in [6, 6.07) is 6.06. The van der Waals surface area contributed by atoms with Gasteiger partial charge in [0.15, 0.2) is 5.82 Å². The molecule has 0 aliphatic heterocycles. The fourth-order valence-corrected chi connectivity index (χ4v) is 2.51. The average Bonchev–Trinajstić information content (AvgIpc) is 3.08. The Morgan fingerprint density at radius 2 is 2.13 bits per heavy atom. The lowest BCUT2D eigenvalue weighted by Crippen LogP contribution is -2.14. The number of nitrogens with one attached hydrogen (secondary N) is 2. The summed E-state index contributed by atoms with van der Waals surface area (Å²) in [5.74, 6) is -0.478. The highest BCUT2D eigenvalue weighted by Gasteiger charge is 2.16. The Hall–Kier alpha value is -2.19. The number of H-pyrrole nitrogens is 1. The number of hydrogen-bond donors (Lipinski definition) is 2. The van der Waals surface area contributed by atoms with E-state index in [4.69, 9.17) is 11.6 Å². The summed E-state index contributed by atoms with van der Waals surface area (Å²) < 4.78 is 15.0. The van der Waals surface area contributed by atoms with Crippen molar-refractivity contribution in [1.82, 2.24) is 20.0 Å². The molecule has 0 unspecified atom stereocenters. The summed E-state index contributed by atoms with van der Waals surface area (Å²) in [6.07, 6.45) is 3.06. The third-order valence-electron chi connectivity index (χ3n) is 3.03. The SMILES string of the molecule is O=C(Nc1nn(Cc2ccc(F)cc2)cc1Cl)c1[nH]ncc1Br. The zero-order valence-electron chi connectivity index (χ0n) is 11.6. The molecule has 3 rings (SSSR count). The normalized spacial score (nSPS) is 10.7. The Labute approximate surface area is 143 Å². The van der Waals surface area contributed by atoms with Gasteiger partial charge in [-0.15, -0.1) is 0 Å². The molecule has 2 heterocycles. The molecule has 1 aromatic carbocycles. The molecule has 118 valence electrons. The van der Waals surface area contributed by atoms with Crippen molar-refractivity contribution in [3.8, 4) is 0 Å². The molecule has 1 amide bonds. The molecule has 3 aromatic rings. The van der Waals surface area contributed by atoms with Crippen LogP contribution in [-0.2, 0) is 6.54 Å². The molecule has 2 N–H and O–H groups in total. The molecule has 0 aliphatic carbocycles. The van der Waals surface area contributed by atoms with Gasteiger partial charge in [0.1, 0.15) is 16.5 Å². The number of aromatic amines is 1. The van der Waals surface area contributed by atoms with Gasteiger partial charge in [0.05, 0.1) is 17.2 Å². The zero-order chi connectivity index (χ0) is 16.4. The van der Waals surface area contributed by atoms with Gasteiger partial charge in [-0.1, -0.05) is 23.7 Å². The van der Waals surface area contributed by atoms with E-state index in [0.717, 1.165) is 5.56 Å². The van der Waals surface area contributed by atoms with Crippen molar-refractivity contribution in [2.75, 3.05) is 5.32 Å². The van der Waals surface area contributed by atoms with Crippen molar-refractivity contribution in [3.05, 3.63) is 63.2 Å². The second-order valence-electron chi connectivity index (χ2n) is 4.70. The maximum absolute atomic E-state index is 12.9. The van der Waals surface area contributed by atoms with E-state index in [2.05, 4.69) is 36.5 Å². The van der Waals surface area contributed by atoms with Crippen molar-refractivity contribution in [3.63, 3.8) is 0 Å². The average molecular weight is 399 g/mol. The van der Waals surface area contributed by atoms with E-state index >= 15 is 0 Å². The van der Waals surface area contributed by atoms with Crippen LogP contribution >= 0.6 is 27.5 Å². The lowest BCUT2D eigenvalue weighted by molar-refractivity contribution is 0.102. The molecular formula is C14H10BrClFN5O. The van der Waals surface area contributed by atoms with Crippen LogP contribution in [-0.4, -0.2) is 25.9 Å². The van der Waals surface area contributed by atoms with Gasteiger partial charge >= 0.3 is 0 Å². The molecule has 9 heteroatoms. The molecule has 0 bridgehead atoms. The first-order chi connectivity index (χ1) is 11.0. The summed E-state index contributed by atoms with van der Waals surface area (Å²) in [4.78, 5) is 12.1. The summed E-state index contributed by atoms with van der Waals surface area (Å²) in [6.45, 7) is 0.406. The Balaban J connectivity index is 1.74. The highest BCUT2D eigenvalue weighted by molar-refractivity contribution is 9.10. The number of rotatable bonds is 4. The van der Waals surface area contributed by atoms with Crippen LogP contribution in [0.15, 0.2) is 41.1 Å². The van der Waals surface area contributed by atoms with Crippen molar-refractivity contribution in [2.24, 2.45) is 0 Å². The Morgan fingerprint density at radius 1 is 1.39 bits per heavy atom. The Morgan fingerprint density at radius 3 is 2.78 bits per heavy atom. The maximum atomic E-state index is 12.9. The van der Waals surface area contributed by atoms with Gasteiger partial charge in [-0.3, -0.25) is 14.6 Å². The quantitative estimate of drug-likeness (QED) is 0.707. The smallest absolute Gasteiger partial charge is 0.276 e. The van der Waals surface area contributed by atoms with Crippen molar-refractivity contribution >= 4 is 39.3 Å². The third kappa shape index (κ3) is 3.59. The van der Waals surface area contributed by atoms with Gasteiger partial charge in [0.2, 0.25) is 0 Å². The largest absolute Gasteiger partial charge is 0.302 e. The number of carbonyl (C=O) groups excluding carboxylic acids is 1. The van der Waals surface area contributed by atoms with Crippen LogP contribution < -0.4 is 5.32 Å². The monoisotopic (exact) mass is 397 g/mol. The van der Waals surface area contributed by atoms with Crippen LogP contribution in [0, 0.1) is 5.82 Å². The molecule has 0 saturated heterocycles. The minimum Gasteiger partial charge on any atom is -0.302 e.